The first kappa shape index (κ1) is 18.3. The zero-order valence-corrected chi connectivity index (χ0v) is 15.3. The van der Waals surface area contributed by atoms with Crippen LogP contribution < -0.4 is 14.8 Å². The smallest absolute Gasteiger partial charge is 0.337 e. The van der Waals surface area contributed by atoms with Crippen LogP contribution in [0.15, 0.2) is 36.4 Å². The fourth-order valence-electron chi connectivity index (χ4n) is 3.07. The maximum Gasteiger partial charge on any atom is 0.337 e. The highest BCUT2D eigenvalue weighted by atomic mass is 16.5. The minimum Gasteiger partial charge on any atom is -0.493 e. The predicted molar refractivity (Wildman–Crippen MR) is 102 cm³/mol. The Bertz CT molecular complexity index is 1020. The number of amides is 1. The number of ether oxygens (including phenoxy) is 2. The van der Waals surface area contributed by atoms with Gasteiger partial charge in [0.15, 0.2) is 11.5 Å². The number of aromatic amines is 1. The molecule has 1 amide bonds. The van der Waals surface area contributed by atoms with Gasteiger partial charge in [0.05, 0.1) is 31.9 Å². The molecule has 3 rings (SSSR count). The van der Waals surface area contributed by atoms with E-state index in [1.54, 1.807) is 32.4 Å². The Morgan fingerprint density at radius 3 is 2.44 bits per heavy atom. The number of methoxy groups -OCH3 is 2. The molecule has 0 spiro atoms. The lowest BCUT2D eigenvalue weighted by Crippen LogP contribution is -2.17. The number of carbonyl (C=O) groups is 2. The Hall–Kier alpha value is -3.48. The third-order valence-electron chi connectivity index (χ3n) is 4.39. The second kappa shape index (κ2) is 7.41. The van der Waals surface area contributed by atoms with Crippen molar-refractivity contribution in [3.05, 3.63) is 53.2 Å². The van der Waals surface area contributed by atoms with Crippen LogP contribution in [-0.2, 0) is 11.2 Å². The van der Waals surface area contributed by atoms with Gasteiger partial charge in [-0.25, -0.2) is 4.79 Å². The first-order valence-corrected chi connectivity index (χ1v) is 8.30. The van der Waals surface area contributed by atoms with Crippen molar-refractivity contribution in [2.24, 2.45) is 0 Å². The van der Waals surface area contributed by atoms with E-state index in [4.69, 9.17) is 9.47 Å². The number of fused-ring (bicyclic) bond motifs is 1. The summed E-state index contributed by atoms with van der Waals surface area (Å²) in [5.41, 5.74) is 2.82. The minimum atomic E-state index is -1.09. The molecule has 0 atom stereocenters. The normalized spacial score (nSPS) is 10.6. The first-order chi connectivity index (χ1) is 12.9. The van der Waals surface area contributed by atoms with Gasteiger partial charge in [0, 0.05) is 22.7 Å². The van der Waals surface area contributed by atoms with Gasteiger partial charge in [-0.15, -0.1) is 0 Å². The molecule has 2 aromatic carbocycles. The number of carboxylic acid groups (broad SMARTS) is 1. The number of aromatic carboxylic acids is 1. The third kappa shape index (κ3) is 3.57. The summed E-state index contributed by atoms with van der Waals surface area (Å²) in [4.78, 5) is 27.1. The second-order valence-electron chi connectivity index (χ2n) is 6.06. The van der Waals surface area contributed by atoms with Crippen molar-refractivity contribution in [2.45, 2.75) is 13.3 Å². The molecule has 7 nitrogen and oxygen atoms in total. The number of anilines is 1. The van der Waals surface area contributed by atoms with Crippen LogP contribution in [0.3, 0.4) is 0 Å². The van der Waals surface area contributed by atoms with Gasteiger partial charge >= 0.3 is 5.97 Å². The highest BCUT2D eigenvalue weighted by Gasteiger charge is 2.17. The Kier molecular flexibility index (Phi) is 5.03. The lowest BCUT2D eigenvalue weighted by Gasteiger charge is -2.10. The third-order valence-corrected chi connectivity index (χ3v) is 4.39. The Balaban J connectivity index is 1.91. The number of hydrogen-bond acceptors (Lipinski definition) is 4. The predicted octanol–water partition coefficient (Wildman–Crippen LogP) is 3.37. The van der Waals surface area contributed by atoms with Crippen LogP contribution in [0.25, 0.3) is 10.9 Å². The molecule has 0 unspecified atom stereocenters. The van der Waals surface area contributed by atoms with Gasteiger partial charge in [0.25, 0.3) is 0 Å². The zero-order valence-electron chi connectivity index (χ0n) is 15.3. The minimum absolute atomic E-state index is 0.0490. The van der Waals surface area contributed by atoms with Crippen LogP contribution in [0.4, 0.5) is 5.69 Å². The van der Waals surface area contributed by atoms with Crippen LogP contribution in [0.5, 0.6) is 11.5 Å². The first-order valence-electron chi connectivity index (χ1n) is 8.30. The molecule has 3 aromatic rings. The maximum atomic E-state index is 12.6. The Labute approximate surface area is 155 Å². The summed E-state index contributed by atoms with van der Waals surface area (Å²) >= 11 is 0. The average Bonchev–Trinajstić information content (AvgIpc) is 2.95. The van der Waals surface area contributed by atoms with E-state index in [1.165, 1.54) is 6.07 Å². The molecule has 0 fully saturated rings. The van der Waals surface area contributed by atoms with Crippen molar-refractivity contribution >= 4 is 28.5 Å². The number of rotatable bonds is 6. The number of carbonyl (C=O) groups excluding carboxylic acids is 1. The monoisotopic (exact) mass is 368 g/mol. The standard InChI is InChI=1S/C20H20N2O5/c1-11-13(14-8-17(26-2)18(27-3)10-16(14)21-11)9-19(23)22-15-7-5-4-6-12(15)20(24)25/h4-8,10,21H,9H2,1-3H3,(H,22,23)(H,24,25). The molecule has 0 aliphatic carbocycles. The van der Waals surface area contributed by atoms with Crippen molar-refractivity contribution in [1.29, 1.82) is 0 Å². The van der Waals surface area contributed by atoms with Crippen molar-refractivity contribution < 1.29 is 24.2 Å². The molecule has 0 aliphatic rings. The van der Waals surface area contributed by atoms with Gasteiger partial charge in [-0.2, -0.15) is 0 Å². The van der Waals surface area contributed by atoms with Crippen molar-refractivity contribution in [1.82, 2.24) is 4.98 Å². The number of para-hydroxylation sites is 1. The van der Waals surface area contributed by atoms with E-state index in [0.717, 1.165) is 22.2 Å². The van der Waals surface area contributed by atoms with Crippen LogP contribution in [0.1, 0.15) is 21.6 Å². The lowest BCUT2D eigenvalue weighted by atomic mass is 10.1. The van der Waals surface area contributed by atoms with Crippen molar-refractivity contribution in [3.8, 4) is 11.5 Å². The van der Waals surface area contributed by atoms with Crippen molar-refractivity contribution in [3.63, 3.8) is 0 Å². The molecule has 1 aromatic heterocycles. The van der Waals surface area contributed by atoms with Gasteiger partial charge in [0.2, 0.25) is 5.91 Å². The number of carboxylic acids is 1. The molecule has 0 saturated carbocycles. The molecule has 1 heterocycles. The topological polar surface area (TPSA) is 101 Å². The summed E-state index contributed by atoms with van der Waals surface area (Å²) in [7, 11) is 3.12. The number of aryl methyl sites for hydroxylation is 1. The largest absolute Gasteiger partial charge is 0.493 e. The number of benzene rings is 2. The van der Waals surface area contributed by atoms with Gasteiger partial charge < -0.3 is 24.9 Å². The van der Waals surface area contributed by atoms with Crippen LogP contribution in [0.2, 0.25) is 0 Å². The molecule has 0 radical (unpaired) electrons. The maximum absolute atomic E-state index is 12.6. The fraction of sp³-hybridized carbons (Fsp3) is 0.200. The average molecular weight is 368 g/mol. The molecular weight excluding hydrogens is 348 g/mol. The quantitative estimate of drug-likeness (QED) is 0.619. The highest BCUT2D eigenvalue weighted by Crippen LogP contribution is 2.34. The van der Waals surface area contributed by atoms with Gasteiger partial charge in [-0.05, 0) is 30.7 Å². The number of hydrogen-bond donors (Lipinski definition) is 3. The van der Waals surface area contributed by atoms with E-state index in [9.17, 15) is 14.7 Å². The number of nitrogens with one attached hydrogen (secondary N) is 2. The summed E-state index contributed by atoms with van der Waals surface area (Å²) in [5.74, 6) is -0.229. The zero-order chi connectivity index (χ0) is 19.6. The molecule has 0 aliphatic heterocycles. The second-order valence-corrected chi connectivity index (χ2v) is 6.06. The van der Waals surface area contributed by atoms with Crippen LogP contribution in [-0.4, -0.2) is 36.2 Å². The lowest BCUT2D eigenvalue weighted by molar-refractivity contribution is -0.115. The van der Waals surface area contributed by atoms with E-state index < -0.39 is 5.97 Å². The van der Waals surface area contributed by atoms with E-state index >= 15 is 0 Å². The molecule has 140 valence electrons. The highest BCUT2D eigenvalue weighted by molar-refractivity contribution is 6.02. The van der Waals surface area contributed by atoms with E-state index in [1.807, 2.05) is 19.1 Å². The fourth-order valence-corrected chi connectivity index (χ4v) is 3.07. The molecule has 3 N–H and O–H groups in total. The van der Waals surface area contributed by atoms with Crippen molar-refractivity contribution in [2.75, 3.05) is 19.5 Å². The molecule has 0 bridgehead atoms. The van der Waals surface area contributed by atoms with Gasteiger partial charge in [0.1, 0.15) is 0 Å². The SMILES string of the molecule is COc1cc2[nH]c(C)c(CC(=O)Nc3ccccc3C(=O)O)c2cc1OC. The molecular formula is C20H20N2O5. The molecule has 0 saturated heterocycles. The summed E-state index contributed by atoms with van der Waals surface area (Å²) in [6.07, 6.45) is 0.0925. The van der Waals surface area contributed by atoms with Crippen LogP contribution >= 0.6 is 0 Å². The van der Waals surface area contributed by atoms with Gasteiger partial charge in [-0.3, -0.25) is 4.79 Å². The Morgan fingerprint density at radius 1 is 1.11 bits per heavy atom. The van der Waals surface area contributed by atoms with Crippen LogP contribution in [0, 0.1) is 6.92 Å². The van der Waals surface area contributed by atoms with E-state index in [2.05, 4.69) is 10.3 Å². The van der Waals surface area contributed by atoms with E-state index in [-0.39, 0.29) is 23.6 Å². The Morgan fingerprint density at radius 2 is 1.78 bits per heavy atom. The summed E-state index contributed by atoms with van der Waals surface area (Å²) in [6.45, 7) is 1.88. The summed E-state index contributed by atoms with van der Waals surface area (Å²) in [5, 5.41) is 12.8. The summed E-state index contributed by atoms with van der Waals surface area (Å²) < 4.78 is 10.7. The molecule has 7 heteroatoms. The number of H-pyrrole nitrogens is 1. The number of aromatic nitrogens is 1. The molecule has 27 heavy (non-hydrogen) atoms. The summed E-state index contributed by atoms with van der Waals surface area (Å²) in [6, 6.07) is 9.95. The van der Waals surface area contributed by atoms with E-state index in [0.29, 0.717) is 11.5 Å². The van der Waals surface area contributed by atoms with Gasteiger partial charge in [-0.1, -0.05) is 12.1 Å².